The standard InChI is InChI=1S/C25H20FNO5/c1-31-18-13-7-15(8-14-18)23(28)21-22(19-5-3-4-6-20(19)32-2)27(25(30)24(21)29)17-11-9-16(26)10-12-17/h3-14,21-22H,1-2H3. The molecule has 4 rings (SSSR count). The van der Waals surface area contributed by atoms with Crippen molar-refractivity contribution in [3.05, 3.63) is 89.7 Å². The number of hydrogen-bond donors (Lipinski definition) is 0. The predicted molar refractivity (Wildman–Crippen MR) is 115 cm³/mol. The Kier molecular flexibility index (Phi) is 5.73. The van der Waals surface area contributed by atoms with E-state index in [2.05, 4.69) is 0 Å². The van der Waals surface area contributed by atoms with Crippen LogP contribution in [0, 0.1) is 11.7 Å². The van der Waals surface area contributed by atoms with Gasteiger partial charge in [0, 0.05) is 16.8 Å². The first-order chi connectivity index (χ1) is 15.5. The molecule has 3 aromatic carbocycles. The van der Waals surface area contributed by atoms with Crippen LogP contribution in [-0.4, -0.2) is 31.7 Å². The van der Waals surface area contributed by atoms with Crippen molar-refractivity contribution in [2.45, 2.75) is 6.04 Å². The molecule has 3 aromatic rings. The number of para-hydroxylation sites is 1. The molecule has 0 saturated carbocycles. The van der Waals surface area contributed by atoms with Crippen LogP contribution in [0.1, 0.15) is 22.0 Å². The second-order valence-corrected chi connectivity index (χ2v) is 7.27. The molecule has 2 unspecified atom stereocenters. The lowest BCUT2D eigenvalue weighted by molar-refractivity contribution is -0.135. The van der Waals surface area contributed by atoms with E-state index in [9.17, 15) is 18.8 Å². The smallest absolute Gasteiger partial charge is 0.295 e. The van der Waals surface area contributed by atoms with E-state index < -0.39 is 35.3 Å². The number of Topliss-reactive ketones (excluding diaryl/α,β-unsaturated/α-hetero) is 2. The number of ketones is 2. The Balaban J connectivity index is 1.86. The van der Waals surface area contributed by atoms with Crippen LogP contribution in [0.15, 0.2) is 72.8 Å². The summed E-state index contributed by atoms with van der Waals surface area (Å²) in [5.74, 6) is -2.94. The third kappa shape index (κ3) is 3.62. The Morgan fingerprint density at radius 3 is 2.16 bits per heavy atom. The average Bonchev–Trinajstić information content (AvgIpc) is 3.09. The Bertz CT molecular complexity index is 1170. The van der Waals surface area contributed by atoms with Gasteiger partial charge in [0.2, 0.25) is 5.78 Å². The van der Waals surface area contributed by atoms with Gasteiger partial charge in [0.05, 0.1) is 20.3 Å². The highest BCUT2D eigenvalue weighted by atomic mass is 19.1. The number of anilines is 1. The first-order valence-electron chi connectivity index (χ1n) is 9.90. The van der Waals surface area contributed by atoms with Gasteiger partial charge in [0.1, 0.15) is 23.2 Å². The molecule has 0 radical (unpaired) electrons. The highest BCUT2D eigenvalue weighted by Crippen LogP contribution is 2.44. The number of halogens is 1. The molecule has 1 amide bonds. The van der Waals surface area contributed by atoms with Crippen molar-refractivity contribution in [1.82, 2.24) is 0 Å². The summed E-state index contributed by atoms with van der Waals surface area (Å²) in [6, 6.07) is 17.5. The third-order valence-corrected chi connectivity index (χ3v) is 5.53. The van der Waals surface area contributed by atoms with Gasteiger partial charge >= 0.3 is 0 Å². The van der Waals surface area contributed by atoms with Crippen molar-refractivity contribution in [3.63, 3.8) is 0 Å². The van der Waals surface area contributed by atoms with Gasteiger partial charge < -0.3 is 9.47 Å². The van der Waals surface area contributed by atoms with Crippen LogP contribution < -0.4 is 14.4 Å². The second-order valence-electron chi connectivity index (χ2n) is 7.27. The van der Waals surface area contributed by atoms with Crippen molar-refractivity contribution in [2.75, 3.05) is 19.1 Å². The number of ether oxygens (including phenoxy) is 2. The minimum Gasteiger partial charge on any atom is -0.497 e. The fourth-order valence-electron chi connectivity index (χ4n) is 3.98. The van der Waals surface area contributed by atoms with Gasteiger partial charge in [-0.3, -0.25) is 19.3 Å². The van der Waals surface area contributed by atoms with Crippen LogP contribution in [0.25, 0.3) is 0 Å². The summed E-state index contributed by atoms with van der Waals surface area (Å²) in [5.41, 5.74) is 1.09. The normalized spacial score (nSPS) is 18.0. The second kappa shape index (κ2) is 8.63. The molecule has 6 nitrogen and oxygen atoms in total. The van der Waals surface area contributed by atoms with E-state index >= 15 is 0 Å². The van der Waals surface area contributed by atoms with Crippen LogP contribution in [0.4, 0.5) is 10.1 Å². The van der Waals surface area contributed by atoms with Crippen LogP contribution in [0.3, 0.4) is 0 Å². The van der Waals surface area contributed by atoms with Gasteiger partial charge in [-0.2, -0.15) is 0 Å². The summed E-state index contributed by atoms with van der Waals surface area (Å²) in [5, 5.41) is 0. The summed E-state index contributed by atoms with van der Waals surface area (Å²) >= 11 is 0. The molecule has 1 heterocycles. The van der Waals surface area contributed by atoms with Gasteiger partial charge in [0.15, 0.2) is 5.78 Å². The highest BCUT2D eigenvalue weighted by Gasteiger charge is 2.53. The summed E-state index contributed by atoms with van der Waals surface area (Å²) < 4.78 is 24.1. The van der Waals surface area contributed by atoms with Crippen LogP contribution in [0.5, 0.6) is 11.5 Å². The third-order valence-electron chi connectivity index (χ3n) is 5.53. The van der Waals surface area contributed by atoms with Gasteiger partial charge in [-0.05, 0) is 54.6 Å². The largest absolute Gasteiger partial charge is 0.497 e. The minimum absolute atomic E-state index is 0.276. The zero-order valence-electron chi connectivity index (χ0n) is 17.4. The lowest BCUT2D eigenvalue weighted by Gasteiger charge is -2.28. The van der Waals surface area contributed by atoms with Crippen LogP contribution in [0.2, 0.25) is 0 Å². The number of methoxy groups -OCH3 is 2. The predicted octanol–water partition coefficient (Wildman–Crippen LogP) is 4.00. The van der Waals surface area contributed by atoms with E-state index in [1.54, 1.807) is 48.5 Å². The van der Waals surface area contributed by atoms with Gasteiger partial charge in [-0.1, -0.05) is 18.2 Å². The minimum atomic E-state index is -1.29. The Morgan fingerprint density at radius 1 is 0.875 bits per heavy atom. The van der Waals surface area contributed by atoms with E-state index in [0.717, 1.165) is 0 Å². The highest BCUT2D eigenvalue weighted by molar-refractivity contribution is 6.49. The molecule has 0 aromatic heterocycles. The van der Waals surface area contributed by atoms with Crippen LogP contribution >= 0.6 is 0 Å². The molecular weight excluding hydrogens is 413 g/mol. The van der Waals surface area contributed by atoms with Crippen molar-refractivity contribution in [1.29, 1.82) is 0 Å². The molecule has 1 fully saturated rings. The maximum absolute atomic E-state index is 13.5. The topological polar surface area (TPSA) is 72.9 Å². The molecule has 32 heavy (non-hydrogen) atoms. The first kappa shape index (κ1) is 21.2. The SMILES string of the molecule is COc1ccc(C(=O)C2C(=O)C(=O)N(c3ccc(F)cc3)C2c2ccccc2OC)cc1. The average molecular weight is 433 g/mol. The summed E-state index contributed by atoms with van der Waals surface area (Å²) in [7, 11) is 2.98. The van der Waals surface area contributed by atoms with E-state index in [0.29, 0.717) is 22.7 Å². The molecule has 0 aliphatic carbocycles. The fraction of sp³-hybridized carbons (Fsp3) is 0.160. The van der Waals surface area contributed by atoms with Crippen molar-refractivity contribution >= 4 is 23.2 Å². The zero-order valence-corrected chi connectivity index (χ0v) is 17.4. The molecule has 0 bridgehead atoms. The number of amides is 1. The number of hydrogen-bond acceptors (Lipinski definition) is 5. The number of rotatable bonds is 6. The van der Waals surface area contributed by atoms with E-state index in [1.165, 1.54) is 43.4 Å². The van der Waals surface area contributed by atoms with Crippen molar-refractivity contribution in [3.8, 4) is 11.5 Å². The molecule has 1 saturated heterocycles. The number of carbonyl (C=O) groups is 3. The lowest BCUT2D eigenvalue weighted by Crippen LogP contribution is -2.31. The quantitative estimate of drug-likeness (QED) is 0.334. The molecule has 162 valence electrons. The van der Waals surface area contributed by atoms with Crippen LogP contribution in [-0.2, 0) is 9.59 Å². The van der Waals surface area contributed by atoms with Crippen molar-refractivity contribution < 1.29 is 28.2 Å². The number of nitrogens with zero attached hydrogens (tertiary/aromatic N) is 1. The van der Waals surface area contributed by atoms with Gasteiger partial charge in [0.25, 0.3) is 5.91 Å². The monoisotopic (exact) mass is 433 g/mol. The molecule has 0 N–H and O–H groups in total. The number of benzene rings is 3. The molecule has 1 aliphatic rings. The molecule has 2 atom stereocenters. The van der Waals surface area contributed by atoms with E-state index in [4.69, 9.17) is 9.47 Å². The zero-order chi connectivity index (χ0) is 22.8. The maximum atomic E-state index is 13.5. The molecule has 1 aliphatic heterocycles. The van der Waals surface area contributed by atoms with E-state index in [-0.39, 0.29) is 5.56 Å². The molecule has 7 heteroatoms. The van der Waals surface area contributed by atoms with Crippen molar-refractivity contribution in [2.24, 2.45) is 5.92 Å². The maximum Gasteiger partial charge on any atom is 0.295 e. The Morgan fingerprint density at radius 2 is 1.53 bits per heavy atom. The Labute approximate surface area is 184 Å². The lowest BCUT2D eigenvalue weighted by atomic mass is 9.86. The molecule has 0 spiro atoms. The first-order valence-corrected chi connectivity index (χ1v) is 9.90. The fourth-order valence-corrected chi connectivity index (χ4v) is 3.98. The van der Waals surface area contributed by atoms with Gasteiger partial charge in [-0.15, -0.1) is 0 Å². The van der Waals surface area contributed by atoms with Gasteiger partial charge in [-0.25, -0.2) is 4.39 Å². The van der Waals surface area contributed by atoms with E-state index in [1.807, 2.05) is 0 Å². The molecular formula is C25H20FNO5. The summed E-state index contributed by atoms with van der Waals surface area (Å²) in [6.07, 6.45) is 0. The number of carbonyl (C=O) groups excluding carboxylic acids is 3. The summed E-state index contributed by atoms with van der Waals surface area (Å²) in [6.45, 7) is 0. The summed E-state index contributed by atoms with van der Waals surface area (Å²) in [4.78, 5) is 40.9. The Hall–Kier alpha value is -4.00.